The minimum absolute atomic E-state index is 0.326. The molecule has 1 rings (SSSR count). The molecule has 1 aliphatic rings. The fourth-order valence-corrected chi connectivity index (χ4v) is 3.39. The topological polar surface area (TPSA) is 127 Å². The van der Waals surface area contributed by atoms with Crippen molar-refractivity contribution in [3.05, 3.63) is 0 Å². The van der Waals surface area contributed by atoms with E-state index in [1.807, 2.05) is 0 Å². The number of aliphatic carboxylic acids is 1. The first-order valence-corrected chi connectivity index (χ1v) is 9.47. The zero-order valence-electron chi connectivity index (χ0n) is 15.1. The molecule has 1 saturated heterocycles. The number of carboxylic acid groups (broad SMARTS) is 1. The van der Waals surface area contributed by atoms with Crippen molar-refractivity contribution in [2.45, 2.75) is 95.2 Å². The van der Waals surface area contributed by atoms with Crippen LogP contribution in [0.5, 0.6) is 0 Å². The van der Waals surface area contributed by atoms with Gasteiger partial charge in [0.2, 0.25) is 0 Å². The first-order valence-electron chi connectivity index (χ1n) is 9.47. The third-order valence-electron chi connectivity index (χ3n) is 5.01. The Morgan fingerprint density at radius 3 is 2.00 bits per heavy atom. The Morgan fingerprint density at radius 2 is 1.48 bits per heavy atom. The number of aliphatic hydroxyl groups excluding tert-OH is 4. The van der Waals surface area contributed by atoms with Crippen LogP contribution < -0.4 is 0 Å². The second-order valence-corrected chi connectivity index (χ2v) is 7.00. The molecular weight excluding hydrogens is 328 g/mol. The third-order valence-corrected chi connectivity index (χ3v) is 5.01. The normalized spacial score (nSPS) is 31.0. The Balaban J connectivity index is 2.46. The van der Waals surface area contributed by atoms with Gasteiger partial charge in [0, 0.05) is 0 Å². The lowest BCUT2D eigenvalue weighted by molar-refractivity contribution is -0.242. The number of aliphatic hydroxyl groups is 4. The van der Waals surface area contributed by atoms with Gasteiger partial charge in [-0.25, -0.2) is 0 Å². The molecule has 0 aromatic carbocycles. The van der Waals surface area contributed by atoms with Crippen LogP contribution in [-0.4, -0.2) is 68.6 Å². The van der Waals surface area contributed by atoms with Crippen LogP contribution in [0.25, 0.3) is 0 Å². The van der Waals surface area contributed by atoms with Gasteiger partial charge < -0.3 is 30.3 Å². The van der Waals surface area contributed by atoms with Gasteiger partial charge in [0.15, 0.2) is 0 Å². The largest absolute Gasteiger partial charge is 0.481 e. The zero-order valence-corrected chi connectivity index (χ0v) is 15.1. The number of ether oxygens (including phenoxy) is 1. The summed E-state index contributed by atoms with van der Waals surface area (Å²) in [7, 11) is 0. The highest BCUT2D eigenvalue weighted by atomic mass is 16.5. The second-order valence-electron chi connectivity index (χ2n) is 7.00. The molecule has 1 fully saturated rings. The Labute approximate surface area is 149 Å². The molecule has 0 radical (unpaired) electrons. The summed E-state index contributed by atoms with van der Waals surface area (Å²) in [5, 5.41) is 48.4. The highest BCUT2D eigenvalue weighted by Crippen LogP contribution is 2.29. The van der Waals surface area contributed by atoms with Crippen molar-refractivity contribution in [1.82, 2.24) is 0 Å². The molecule has 0 saturated carbocycles. The number of hydrogen-bond donors (Lipinski definition) is 5. The van der Waals surface area contributed by atoms with E-state index in [4.69, 9.17) is 4.74 Å². The molecular formula is C18H34O7. The van der Waals surface area contributed by atoms with E-state index in [-0.39, 0.29) is 0 Å². The van der Waals surface area contributed by atoms with Gasteiger partial charge in [-0.2, -0.15) is 0 Å². The van der Waals surface area contributed by atoms with Crippen LogP contribution in [-0.2, 0) is 9.53 Å². The fraction of sp³-hybridized carbons (Fsp3) is 0.944. The number of carboxylic acids is 1. The van der Waals surface area contributed by atoms with E-state index >= 15 is 0 Å². The van der Waals surface area contributed by atoms with Gasteiger partial charge in [0.25, 0.3) is 0 Å². The average Bonchev–Trinajstić information content (AvgIpc) is 2.59. The molecule has 25 heavy (non-hydrogen) atoms. The molecule has 0 bridgehead atoms. The van der Waals surface area contributed by atoms with Crippen LogP contribution in [0.3, 0.4) is 0 Å². The molecule has 6 atom stereocenters. The molecule has 1 aliphatic heterocycles. The quantitative estimate of drug-likeness (QED) is 0.328. The number of rotatable bonds is 12. The summed E-state index contributed by atoms with van der Waals surface area (Å²) in [6, 6.07) is 0. The average molecular weight is 362 g/mol. The van der Waals surface area contributed by atoms with Crippen LogP contribution in [0, 0.1) is 5.92 Å². The van der Waals surface area contributed by atoms with Gasteiger partial charge in [-0.05, 0) is 6.42 Å². The molecule has 0 spiro atoms. The highest BCUT2D eigenvalue weighted by Gasteiger charge is 2.47. The van der Waals surface area contributed by atoms with Crippen molar-refractivity contribution in [3.8, 4) is 0 Å². The predicted molar refractivity (Wildman–Crippen MR) is 92.1 cm³/mol. The van der Waals surface area contributed by atoms with Crippen LogP contribution >= 0.6 is 0 Å². The molecule has 2 unspecified atom stereocenters. The van der Waals surface area contributed by atoms with Crippen LogP contribution in [0.1, 0.15) is 64.7 Å². The van der Waals surface area contributed by atoms with Crippen molar-refractivity contribution in [3.63, 3.8) is 0 Å². The second kappa shape index (κ2) is 11.8. The molecule has 0 aromatic rings. The summed E-state index contributed by atoms with van der Waals surface area (Å²) < 4.78 is 5.39. The zero-order chi connectivity index (χ0) is 18.8. The number of carbonyl (C=O) groups is 1. The lowest BCUT2D eigenvalue weighted by Gasteiger charge is -2.42. The molecule has 0 aromatic heterocycles. The molecule has 7 heteroatoms. The van der Waals surface area contributed by atoms with Crippen LogP contribution in [0.4, 0.5) is 0 Å². The molecule has 148 valence electrons. The van der Waals surface area contributed by atoms with Crippen LogP contribution in [0.15, 0.2) is 0 Å². The third kappa shape index (κ3) is 6.83. The minimum Gasteiger partial charge on any atom is -0.481 e. The van der Waals surface area contributed by atoms with Gasteiger partial charge in [-0.3, -0.25) is 4.79 Å². The smallest absolute Gasteiger partial charge is 0.309 e. The standard InChI is InChI=1S/C18H34O7/c1-2-3-4-5-6-7-8-9-10-12(18(23)24)17-16(22)15(21)14(20)13(11-19)25-17/h12-17,19-22H,2-11H2,1H3,(H,23,24)/t12?,13-,14+,15+,16-,17?/m1/s1. The number of hydrogen-bond acceptors (Lipinski definition) is 6. The monoisotopic (exact) mass is 362 g/mol. The first kappa shape index (κ1) is 22.3. The van der Waals surface area contributed by atoms with E-state index in [1.54, 1.807) is 0 Å². The number of unbranched alkanes of at least 4 members (excludes halogenated alkanes) is 7. The summed E-state index contributed by atoms with van der Waals surface area (Å²) in [5.41, 5.74) is 0. The van der Waals surface area contributed by atoms with Crippen LogP contribution in [0.2, 0.25) is 0 Å². The maximum Gasteiger partial charge on any atom is 0.309 e. The summed E-state index contributed by atoms with van der Waals surface area (Å²) in [6.45, 7) is 1.62. The van der Waals surface area contributed by atoms with Gasteiger partial charge in [-0.1, -0.05) is 58.3 Å². The Kier molecular flexibility index (Phi) is 10.5. The van der Waals surface area contributed by atoms with E-state index in [0.717, 1.165) is 19.3 Å². The Bertz CT molecular complexity index is 374. The SMILES string of the molecule is CCCCCCCCCCC(C(=O)O)C1O[C@H](CO)[C@H](O)[C@H](O)[C@H]1O. The van der Waals surface area contributed by atoms with E-state index in [2.05, 4.69) is 6.92 Å². The predicted octanol–water partition coefficient (Wildman–Crippen LogP) is 1.06. The first-order chi connectivity index (χ1) is 11.9. The highest BCUT2D eigenvalue weighted by molar-refractivity contribution is 5.70. The maximum atomic E-state index is 11.6. The van der Waals surface area contributed by atoms with Crippen molar-refractivity contribution < 1.29 is 35.1 Å². The lowest BCUT2D eigenvalue weighted by atomic mass is 9.85. The van der Waals surface area contributed by atoms with Gasteiger partial charge >= 0.3 is 5.97 Å². The summed E-state index contributed by atoms with van der Waals surface area (Å²) in [5.74, 6) is -2.08. The molecule has 1 heterocycles. The van der Waals surface area contributed by atoms with E-state index in [9.17, 15) is 30.3 Å². The van der Waals surface area contributed by atoms with E-state index < -0.39 is 49.0 Å². The summed E-state index contributed by atoms with van der Waals surface area (Å²) in [6.07, 6.45) is 2.31. The van der Waals surface area contributed by atoms with Crippen molar-refractivity contribution in [1.29, 1.82) is 0 Å². The maximum absolute atomic E-state index is 11.6. The summed E-state index contributed by atoms with van der Waals surface area (Å²) >= 11 is 0. The molecule has 0 amide bonds. The minimum atomic E-state index is -1.53. The van der Waals surface area contributed by atoms with E-state index in [1.165, 1.54) is 25.7 Å². The van der Waals surface area contributed by atoms with Crippen molar-refractivity contribution in [2.75, 3.05) is 6.61 Å². The Morgan fingerprint density at radius 1 is 0.920 bits per heavy atom. The van der Waals surface area contributed by atoms with Crippen molar-refractivity contribution >= 4 is 5.97 Å². The fourth-order valence-electron chi connectivity index (χ4n) is 3.39. The van der Waals surface area contributed by atoms with E-state index in [0.29, 0.717) is 12.8 Å². The lowest BCUT2D eigenvalue weighted by Crippen LogP contribution is -2.61. The van der Waals surface area contributed by atoms with Gasteiger partial charge in [-0.15, -0.1) is 0 Å². The molecule has 5 N–H and O–H groups in total. The van der Waals surface area contributed by atoms with Crippen molar-refractivity contribution in [2.24, 2.45) is 5.92 Å². The summed E-state index contributed by atoms with van der Waals surface area (Å²) in [4.78, 5) is 11.6. The van der Waals surface area contributed by atoms with Gasteiger partial charge in [0.05, 0.1) is 18.6 Å². The molecule has 0 aliphatic carbocycles. The Hall–Kier alpha value is -0.730. The molecule has 7 nitrogen and oxygen atoms in total. The van der Waals surface area contributed by atoms with Gasteiger partial charge in [0.1, 0.15) is 24.4 Å².